The highest BCUT2D eigenvalue weighted by Crippen LogP contribution is 2.47. The van der Waals surface area contributed by atoms with Gasteiger partial charge in [0, 0.05) is 34.2 Å². The van der Waals surface area contributed by atoms with Crippen LogP contribution in [0.4, 0.5) is 4.39 Å². The Morgan fingerprint density at radius 1 is 1.31 bits per heavy atom. The third-order valence-corrected chi connectivity index (χ3v) is 7.25. The number of carbonyl (C=O) groups is 1. The third-order valence-electron chi connectivity index (χ3n) is 7.25. The maximum atomic E-state index is 13.8. The van der Waals surface area contributed by atoms with Gasteiger partial charge in [-0.1, -0.05) is 13.8 Å². The van der Waals surface area contributed by atoms with Crippen molar-refractivity contribution in [1.82, 2.24) is 19.7 Å². The van der Waals surface area contributed by atoms with Crippen LogP contribution in [0.15, 0.2) is 36.5 Å². The van der Waals surface area contributed by atoms with Crippen LogP contribution in [-0.2, 0) is 10.2 Å². The number of nitrogens with zero attached hydrogens (tertiary/aromatic N) is 4. The van der Waals surface area contributed by atoms with Crippen molar-refractivity contribution in [2.24, 2.45) is 0 Å². The lowest BCUT2D eigenvalue weighted by atomic mass is 9.73. The van der Waals surface area contributed by atoms with E-state index in [1.165, 1.54) is 12.1 Å². The van der Waals surface area contributed by atoms with E-state index in [0.29, 0.717) is 18.5 Å². The summed E-state index contributed by atoms with van der Waals surface area (Å²) in [5.41, 5.74) is 2.40. The number of H-pyrrole nitrogens is 1. The lowest BCUT2D eigenvalue weighted by Gasteiger charge is -2.35. The number of carboxylic acids is 1. The highest BCUT2D eigenvalue weighted by Gasteiger charge is 2.43. The van der Waals surface area contributed by atoms with E-state index in [1.54, 1.807) is 18.3 Å². The topological polar surface area (TPSA) is 128 Å². The van der Waals surface area contributed by atoms with E-state index in [9.17, 15) is 24.7 Å². The molecule has 3 aromatic heterocycles. The predicted octanol–water partition coefficient (Wildman–Crippen LogP) is 4.71. The number of aromatic nitrogens is 4. The summed E-state index contributed by atoms with van der Waals surface area (Å²) in [5.74, 6) is -1.62. The Kier molecular flexibility index (Phi) is 5.37. The molecular weight excluding hydrogens is 449 g/mol. The van der Waals surface area contributed by atoms with Crippen LogP contribution in [0.5, 0.6) is 0 Å². The number of carboxylic acid groups (broad SMARTS) is 1. The van der Waals surface area contributed by atoms with Gasteiger partial charge in [0.25, 0.3) is 0 Å². The number of rotatable bonds is 5. The first-order valence-electron chi connectivity index (χ1n) is 11.6. The number of halogens is 1. The minimum Gasteiger partial charge on any atom is -0.479 e. The molecule has 0 spiro atoms. The number of aromatic amines is 1. The number of fused-ring (bicyclic) bond motifs is 2. The van der Waals surface area contributed by atoms with Crippen LogP contribution in [-0.4, -0.2) is 41.5 Å². The van der Waals surface area contributed by atoms with Gasteiger partial charge in [0.2, 0.25) is 0 Å². The smallest absolute Gasteiger partial charge is 0.335 e. The highest BCUT2D eigenvalue weighted by molar-refractivity contribution is 5.94. The number of aliphatic hydroxyl groups is 1. The highest BCUT2D eigenvalue weighted by atomic mass is 19.1. The van der Waals surface area contributed by atoms with Gasteiger partial charge in [-0.2, -0.15) is 10.4 Å². The second-order valence-electron chi connectivity index (χ2n) is 10.1. The molecule has 1 fully saturated rings. The molecule has 0 radical (unpaired) electrons. The van der Waals surface area contributed by atoms with Crippen LogP contribution < -0.4 is 0 Å². The van der Waals surface area contributed by atoms with Gasteiger partial charge < -0.3 is 14.8 Å². The Morgan fingerprint density at radius 2 is 2.00 bits per heavy atom. The van der Waals surface area contributed by atoms with Crippen LogP contribution in [0, 0.1) is 17.1 Å². The molecule has 35 heavy (non-hydrogen) atoms. The first-order valence-corrected chi connectivity index (χ1v) is 11.6. The van der Waals surface area contributed by atoms with E-state index >= 15 is 0 Å². The van der Waals surface area contributed by atoms with Crippen molar-refractivity contribution < 1.29 is 19.4 Å². The quantitative estimate of drug-likeness (QED) is 0.384. The molecule has 1 aliphatic rings. The van der Waals surface area contributed by atoms with Gasteiger partial charge in [-0.25, -0.2) is 14.2 Å². The number of aliphatic carboxylic acids is 1. The maximum absolute atomic E-state index is 13.8. The molecule has 1 saturated carbocycles. The SMILES string of the molecule is CC(C)(CC#N)c1c(C2CCC(O)(C(=O)O)CC2)c2nc3[nH]ncc3cc2n1-c1ccc(F)cc1. The number of nitrogens with one attached hydrogen (secondary N) is 1. The lowest BCUT2D eigenvalue weighted by Crippen LogP contribution is -2.41. The molecule has 0 atom stereocenters. The standard InChI is InChI=1S/C26H26FN5O3/c1-25(2,11-12-28)22-20(15-7-9-26(35,10-8-15)24(33)34)21-19(13-16-14-29-31-23(16)30-21)32(22)18-5-3-17(27)4-6-18/h3-6,13-15,35H,7-11H2,1-2H3,(H,33,34)(H,29,30,31). The first-order chi connectivity index (χ1) is 16.6. The Hall–Kier alpha value is -3.77. The minimum atomic E-state index is -1.74. The molecule has 9 heteroatoms. The largest absolute Gasteiger partial charge is 0.479 e. The second-order valence-corrected chi connectivity index (χ2v) is 10.1. The normalized spacial score (nSPS) is 20.8. The van der Waals surface area contributed by atoms with E-state index in [-0.39, 0.29) is 31.0 Å². The Morgan fingerprint density at radius 3 is 2.63 bits per heavy atom. The molecule has 1 aliphatic carbocycles. The zero-order valence-corrected chi connectivity index (χ0v) is 19.5. The summed E-state index contributed by atoms with van der Waals surface area (Å²) in [7, 11) is 0. The van der Waals surface area contributed by atoms with Gasteiger partial charge in [0.15, 0.2) is 11.2 Å². The van der Waals surface area contributed by atoms with Crippen molar-refractivity contribution in [2.45, 2.75) is 62.9 Å². The fraction of sp³-hybridized carbons (Fsp3) is 0.385. The van der Waals surface area contributed by atoms with E-state index in [4.69, 9.17) is 4.98 Å². The molecule has 0 unspecified atom stereocenters. The molecule has 3 N–H and O–H groups in total. The van der Waals surface area contributed by atoms with E-state index < -0.39 is 17.0 Å². The molecule has 5 rings (SSSR count). The van der Waals surface area contributed by atoms with Gasteiger partial charge in [0.1, 0.15) is 5.82 Å². The number of nitriles is 1. The molecule has 1 aromatic carbocycles. The fourth-order valence-corrected chi connectivity index (χ4v) is 5.38. The zero-order valence-electron chi connectivity index (χ0n) is 19.5. The van der Waals surface area contributed by atoms with Crippen LogP contribution in [0.2, 0.25) is 0 Å². The molecule has 0 aliphatic heterocycles. The summed E-state index contributed by atoms with van der Waals surface area (Å²) in [6, 6.07) is 10.5. The van der Waals surface area contributed by atoms with E-state index in [1.807, 2.05) is 24.5 Å². The zero-order chi connectivity index (χ0) is 25.0. The van der Waals surface area contributed by atoms with Crippen LogP contribution >= 0.6 is 0 Å². The molecule has 180 valence electrons. The molecule has 0 bridgehead atoms. The molecule has 3 heterocycles. The summed E-state index contributed by atoms with van der Waals surface area (Å²) in [6.07, 6.45) is 3.11. The summed E-state index contributed by atoms with van der Waals surface area (Å²) in [5, 5.41) is 37.6. The molecular formula is C26H26FN5O3. The van der Waals surface area contributed by atoms with Crippen molar-refractivity contribution >= 4 is 28.0 Å². The molecule has 0 saturated heterocycles. The van der Waals surface area contributed by atoms with Crippen molar-refractivity contribution in [3.8, 4) is 11.8 Å². The number of hydrogen-bond acceptors (Lipinski definition) is 5. The summed E-state index contributed by atoms with van der Waals surface area (Å²) >= 11 is 0. The fourth-order valence-electron chi connectivity index (χ4n) is 5.38. The Labute approximate surface area is 201 Å². The summed E-state index contributed by atoms with van der Waals surface area (Å²) in [6.45, 7) is 4.00. The van der Waals surface area contributed by atoms with Gasteiger partial charge >= 0.3 is 5.97 Å². The third kappa shape index (κ3) is 3.74. The maximum Gasteiger partial charge on any atom is 0.335 e. The molecule has 4 aromatic rings. The van der Waals surface area contributed by atoms with Crippen molar-refractivity contribution in [2.75, 3.05) is 0 Å². The number of pyridine rings is 1. The van der Waals surface area contributed by atoms with Gasteiger partial charge in [-0.05, 0) is 61.9 Å². The summed E-state index contributed by atoms with van der Waals surface area (Å²) < 4.78 is 15.9. The van der Waals surface area contributed by atoms with Crippen LogP contribution in [0.1, 0.15) is 63.1 Å². The average Bonchev–Trinajstić information content (AvgIpc) is 3.41. The van der Waals surface area contributed by atoms with Crippen molar-refractivity contribution in [3.63, 3.8) is 0 Å². The Balaban J connectivity index is 1.82. The van der Waals surface area contributed by atoms with Crippen LogP contribution in [0.3, 0.4) is 0 Å². The van der Waals surface area contributed by atoms with Crippen molar-refractivity contribution in [1.29, 1.82) is 5.26 Å². The molecule has 8 nitrogen and oxygen atoms in total. The van der Waals surface area contributed by atoms with Gasteiger partial charge in [-0.15, -0.1) is 0 Å². The second kappa shape index (κ2) is 8.17. The first kappa shape index (κ1) is 23.0. The van der Waals surface area contributed by atoms with E-state index in [2.05, 4.69) is 16.3 Å². The van der Waals surface area contributed by atoms with Gasteiger partial charge in [-0.3, -0.25) is 5.10 Å². The lowest BCUT2D eigenvalue weighted by molar-refractivity contribution is -0.162. The molecule has 0 amide bonds. The monoisotopic (exact) mass is 475 g/mol. The van der Waals surface area contributed by atoms with Crippen molar-refractivity contribution in [3.05, 3.63) is 53.6 Å². The van der Waals surface area contributed by atoms with E-state index in [0.717, 1.165) is 33.4 Å². The minimum absolute atomic E-state index is 0.0698. The Bertz CT molecular complexity index is 1470. The number of hydrogen-bond donors (Lipinski definition) is 3. The summed E-state index contributed by atoms with van der Waals surface area (Å²) in [4.78, 5) is 16.5. The van der Waals surface area contributed by atoms with Gasteiger partial charge in [0.05, 0.1) is 23.3 Å². The number of benzene rings is 1. The van der Waals surface area contributed by atoms with Crippen LogP contribution in [0.25, 0.3) is 27.8 Å². The average molecular weight is 476 g/mol. The predicted molar refractivity (Wildman–Crippen MR) is 128 cm³/mol.